The zero-order valence-electron chi connectivity index (χ0n) is 22.4. The number of amides is 3. The van der Waals surface area contributed by atoms with E-state index in [0.717, 1.165) is 12.8 Å². The van der Waals surface area contributed by atoms with E-state index in [0.29, 0.717) is 34.7 Å². The number of benzene rings is 2. The van der Waals surface area contributed by atoms with Gasteiger partial charge in [-0.25, -0.2) is 0 Å². The van der Waals surface area contributed by atoms with Crippen molar-refractivity contribution in [3.05, 3.63) is 53.6 Å². The fourth-order valence-corrected chi connectivity index (χ4v) is 9.12. The number of nitrogens with one attached hydrogen (secondary N) is 2. The zero-order valence-corrected chi connectivity index (χ0v) is 23.4. The molecule has 0 bridgehead atoms. The molecule has 5 atom stereocenters. The fraction of sp³-hybridized carbons (Fsp3) is 0.464. The maximum Gasteiger partial charge on any atom is 0.261 e. The standard InChI is InChI=1S/C28H35FN4O5Si/c1-16-25(39(2,3)29)23(14-24(35)33-12-4-5-20(33)15-34)38-28(16)21-13-19(10-11-22(21)32-27(28)37)31-26(36)17-6-8-18(30)9-7-17/h6-11,13,16,20,23,25,34H,4-5,12,14-15,30H2,1-3H3,(H,31,36)(H,32,37)/t16-,20-,23+,25-,28+/m0/s1. The number of nitrogen functional groups attached to an aromatic ring is 1. The Hall–Kier alpha value is -3.28. The highest BCUT2D eigenvalue weighted by molar-refractivity contribution is 6.72. The summed E-state index contributed by atoms with van der Waals surface area (Å²) in [6.45, 7) is 5.39. The van der Waals surface area contributed by atoms with E-state index in [9.17, 15) is 19.5 Å². The number of carbonyl (C=O) groups excluding carboxylic acids is 3. The van der Waals surface area contributed by atoms with Gasteiger partial charge in [-0.05, 0) is 68.4 Å². The number of likely N-dealkylation sites (tertiary alicyclic amines) is 1. The molecule has 39 heavy (non-hydrogen) atoms. The highest BCUT2D eigenvalue weighted by atomic mass is 28.4. The first kappa shape index (κ1) is 27.3. The number of hydrogen-bond acceptors (Lipinski definition) is 6. The quantitative estimate of drug-likeness (QED) is 0.245. The Bertz CT molecular complexity index is 1300. The van der Waals surface area contributed by atoms with Gasteiger partial charge >= 0.3 is 0 Å². The molecule has 3 aliphatic rings. The Labute approximate surface area is 228 Å². The predicted octanol–water partition coefficient (Wildman–Crippen LogP) is 3.62. The number of carbonyl (C=O) groups is 3. The second kappa shape index (κ2) is 10.0. The summed E-state index contributed by atoms with van der Waals surface area (Å²) in [5.41, 5.74) is 6.07. The van der Waals surface area contributed by atoms with Crippen LogP contribution in [0.4, 0.5) is 21.2 Å². The molecule has 5 rings (SSSR count). The number of hydrogen-bond donors (Lipinski definition) is 4. The second-order valence-corrected chi connectivity index (χ2v) is 15.1. The van der Waals surface area contributed by atoms with E-state index in [-0.39, 0.29) is 30.9 Å². The van der Waals surface area contributed by atoms with E-state index in [1.54, 1.807) is 60.5 Å². The molecule has 1 spiro atoms. The van der Waals surface area contributed by atoms with Crippen LogP contribution in [-0.2, 0) is 19.9 Å². The van der Waals surface area contributed by atoms with E-state index in [2.05, 4.69) is 10.6 Å². The van der Waals surface area contributed by atoms with Crippen LogP contribution in [0.15, 0.2) is 42.5 Å². The molecule has 5 N–H and O–H groups in total. The van der Waals surface area contributed by atoms with Crippen molar-refractivity contribution in [2.45, 2.75) is 62.6 Å². The van der Waals surface area contributed by atoms with Gasteiger partial charge in [0.2, 0.25) is 14.3 Å². The first-order valence-electron chi connectivity index (χ1n) is 13.4. The van der Waals surface area contributed by atoms with Crippen LogP contribution in [-0.4, -0.2) is 61.4 Å². The average Bonchev–Trinajstić information content (AvgIpc) is 3.55. The van der Waals surface area contributed by atoms with Gasteiger partial charge in [-0.2, -0.15) is 0 Å². The van der Waals surface area contributed by atoms with Crippen molar-refractivity contribution in [3.8, 4) is 0 Å². The molecular formula is C28H35FN4O5Si. The Morgan fingerprint density at radius 2 is 1.97 bits per heavy atom. The van der Waals surface area contributed by atoms with Crippen molar-refractivity contribution in [2.24, 2.45) is 5.92 Å². The van der Waals surface area contributed by atoms with Gasteiger partial charge in [0.05, 0.1) is 25.2 Å². The molecule has 0 aromatic heterocycles. The summed E-state index contributed by atoms with van der Waals surface area (Å²) in [5, 5.41) is 15.4. The molecule has 2 aromatic carbocycles. The number of rotatable bonds is 6. The van der Waals surface area contributed by atoms with Crippen LogP contribution in [0.25, 0.3) is 0 Å². The first-order valence-corrected chi connectivity index (χ1v) is 16.3. The van der Waals surface area contributed by atoms with Crippen molar-refractivity contribution >= 4 is 43.2 Å². The molecular weight excluding hydrogens is 519 g/mol. The molecule has 3 heterocycles. The van der Waals surface area contributed by atoms with E-state index in [4.69, 9.17) is 10.5 Å². The van der Waals surface area contributed by atoms with E-state index >= 15 is 4.11 Å². The number of halogens is 1. The first-order chi connectivity index (χ1) is 18.5. The Morgan fingerprint density at radius 3 is 2.64 bits per heavy atom. The number of nitrogens with two attached hydrogens (primary N) is 1. The number of nitrogens with zero attached hydrogens (tertiary/aromatic N) is 1. The van der Waals surface area contributed by atoms with Crippen molar-refractivity contribution in [1.29, 1.82) is 0 Å². The summed E-state index contributed by atoms with van der Waals surface area (Å²) in [4.78, 5) is 41.3. The minimum Gasteiger partial charge on any atom is -0.399 e. The molecule has 3 aliphatic heterocycles. The third-order valence-electron chi connectivity index (χ3n) is 8.43. The SMILES string of the molecule is C[C@H]1[C@H]([Si](C)(C)F)[C@@H](CC(=O)N2CCC[C@H]2CO)O[C@]12C(=O)Nc1ccc(NC(=O)c3ccc(N)cc3)cc12. The summed E-state index contributed by atoms with van der Waals surface area (Å²) in [6, 6.07) is 11.3. The van der Waals surface area contributed by atoms with Crippen LogP contribution < -0.4 is 16.4 Å². The van der Waals surface area contributed by atoms with Gasteiger partial charge in [0.25, 0.3) is 11.8 Å². The van der Waals surface area contributed by atoms with Gasteiger partial charge in [0, 0.05) is 46.2 Å². The molecule has 2 aromatic rings. The van der Waals surface area contributed by atoms with Crippen LogP contribution in [0, 0.1) is 5.92 Å². The smallest absolute Gasteiger partial charge is 0.261 e. The fourth-order valence-electron chi connectivity index (χ4n) is 6.63. The second-order valence-electron chi connectivity index (χ2n) is 11.3. The van der Waals surface area contributed by atoms with Gasteiger partial charge in [0.15, 0.2) is 5.60 Å². The van der Waals surface area contributed by atoms with Gasteiger partial charge in [-0.1, -0.05) is 6.92 Å². The van der Waals surface area contributed by atoms with Crippen molar-refractivity contribution < 1.29 is 28.3 Å². The van der Waals surface area contributed by atoms with Gasteiger partial charge in [0.1, 0.15) is 0 Å². The summed E-state index contributed by atoms with van der Waals surface area (Å²) in [7, 11) is -3.42. The normalized spacial score (nSPS) is 28.0. The third-order valence-corrected chi connectivity index (χ3v) is 10.9. The minimum absolute atomic E-state index is 0.0657. The van der Waals surface area contributed by atoms with Crippen molar-refractivity contribution in [1.82, 2.24) is 4.90 Å². The van der Waals surface area contributed by atoms with Gasteiger partial charge in [-0.3, -0.25) is 14.4 Å². The molecule has 208 valence electrons. The van der Waals surface area contributed by atoms with Crippen LogP contribution >= 0.6 is 0 Å². The topological polar surface area (TPSA) is 134 Å². The largest absolute Gasteiger partial charge is 0.399 e. The summed E-state index contributed by atoms with van der Waals surface area (Å²) in [5.74, 6) is -1.50. The molecule has 0 saturated carbocycles. The molecule has 11 heteroatoms. The lowest BCUT2D eigenvalue weighted by atomic mass is 9.82. The van der Waals surface area contributed by atoms with Crippen LogP contribution in [0.2, 0.25) is 18.6 Å². The summed E-state index contributed by atoms with van der Waals surface area (Å²) < 4.78 is 22.4. The molecule has 3 amide bonds. The summed E-state index contributed by atoms with van der Waals surface area (Å²) >= 11 is 0. The molecule has 9 nitrogen and oxygen atoms in total. The average molecular weight is 555 g/mol. The van der Waals surface area contributed by atoms with E-state index in [1.807, 2.05) is 6.92 Å². The Morgan fingerprint density at radius 1 is 1.26 bits per heavy atom. The van der Waals surface area contributed by atoms with E-state index < -0.39 is 37.5 Å². The van der Waals surface area contributed by atoms with Crippen molar-refractivity contribution in [3.63, 3.8) is 0 Å². The van der Waals surface area contributed by atoms with Crippen LogP contribution in [0.1, 0.15) is 42.1 Å². The molecule has 0 radical (unpaired) electrons. The van der Waals surface area contributed by atoms with Gasteiger partial charge < -0.3 is 35.2 Å². The van der Waals surface area contributed by atoms with E-state index in [1.165, 1.54) is 0 Å². The number of anilines is 3. The lowest BCUT2D eigenvalue weighted by Gasteiger charge is -2.31. The van der Waals surface area contributed by atoms with Crippen molar-refractivity contribution in [2.75, 3.05) is 29.5 Å². The highest BCUT2D eigenvalue weighted by Gasteiger charge is 2.65. The monoisotopic (exact) mass is 554 g/mol. The maximum absolute atomic E-state index is 15.9. The molecule has 0 unspecified atom stereocenters. The molecule has 2 saturated heterocycles. The Kier molecular flexibility index (Phi) is 7.02. The number of aliphatic hydroxyl groups excluding tert-OH is 1. The molecule has 0 aliphatic carbocycles. The lowest BCUT2D eigenvalue weighted by molar-refractivity contribution is -0.148. The number of fused-ring (bicyclic) bond motifs is 2. The highest BCUT2D eigenvalue weighted by Crippen LogP contribution is 2.59. The maximum atomic E-state index is 15.9. The number of aliphatic hydroxyl groups is 1. The minimum atomic E-state index is -3.42. The zero-order chi connectivity index (χ0) is 28.1. The number of ether oxygens (including phenoxy) is 1. The lowest BCUT2D eigenvalue weighted by Crippen LogP contribution is -2.42. The third kappa shape index (κ3) is 4.72. The Balaban J connectivity index is 1.46. The van der Waals surface area contributed by atoms with Crippen LogP contribution in [0.3, 0.4) is 0 Å². The predicted molar refractivity (Wildman–Crippen MR) is 148 cm³/mol. The molecule has 2 fully saturated rings. The van der Waals surface area contributed by atoms with Crippen LogP contribution in [0.5, 0.6) is 0 Å². The van der Waals surface area contributed by atoms with Gasteiger partial charge in [-0.15, -0.1) is 0 Å². The summed E-state index contributed by atoms with van der Waals surface area (Å²) in [6.07, 6.45) is 0.658.